The summed E-state index contributed by atoms with van der Waals surface area (Å²) in [5.74, 6) is 0. The third kappa shape index (κ3) is 6.85. The van der Waals surface area contributed by atoms with Crippen LogP contribution in [0.2, 0.25) is 0 Å². The summed E-state index contributed by atoms with van der Waals surface area (Å²) >= 11 is 8.87. The van der Waals surface area contributed by atoms with Crippen molar-refractivity contribution >= 4 is 85.2 Å². The zero-order valence-corrected chi connectivity index (χ0v) is 36.9. The van der Waals surface area contributed by atoms with E-state index in [0.717, 1.165) is 17.1 Å². The van der Waals surface area contributed by atoms with Crippen LogP contribution in [0.15, 0.2) is 18.2 Å². The molecule has 3 aromatic carbocycles. The molecule has 11 heteroatoms. The Balaban J connectivity index is 2.92. The first-order valence-corrected chi connectivity index (χ1v) is 20.2. The van der Waals surface area contributed by atoms with Gasteiger partial charge >= 0.3 is 0 Å². The molecule has 3 aromatic rings. The van der Waals surface area contributed by atoms with E-state index in [1.54, 1.807) is 0 Å². The van der Waals surface area contributed by atoms with Gasteiger partial charge in [0.15, 0.2) is 0 Å². The average Bonchev–Trinajstić information content (AvgIpc) is 2.98. The minimum atomic E-state index is -3.39. The lowest BCUT2D eigenvalue weighted by Crippen LogP contribution is -2.65. The van der Waals surface area contributed by atoms with Gasteiger partial charge in [0.25, 0.3) is 0 Å². The fraction of sp³-hybridized carbons (Fsp3) is 0.538. The molecule has 0 fully saturated rings. The van der Waals surface area contributed by atoms with Crippen molar-refractivity contribution in [2.45, 2.75) is 20.8 Å². The summed E-state index contributed by atoms with van der Waals surface area (Å²) in [4.78, 5) is 20.1. The number of nitrogens with zero attached hydrogens (tertiary/aromatic N) is 9. The minimum Gasteiger partial charge on any atom is -0.376 e. The van der Waals surface area contributed by atoms with E-state index in [2.05, 4.69) is 210 Å². The maximum Gasteiger partial charge on any atom is 0.249 e. The summed E-state index contributed by atoms with van der Waals surface area (Å²) < 4.78 is 0. The van der Waals surface area contributed by atoms with E-state index in [0.29, 0.717) is 0 Å². The van der Waals surface area contributed by atoms with Crippen molar-refractivity contribution < 1.29 is 0 Å². The van der Waals surface area contributed by atoms with Gasteiger partial charge in [0, 0.05) is 127 Å². The van der Waals surface area contributed by atoms with Gasteiger partial charge < -0.3 is 44.1 Å². The zero-order valence-electron chi connectivity index (χ0n) is 35.1. The van der Waals surface area contributed by atoms with Crippen LogP contribution in [0.5, 0.6) is 0 Å². The lowest BCUT2D eigenvalue weighted by Gasteiger charge is -2.40. The number of rotatable bonds is 12. The van der Waals surface area contributed by atoms with Crippen LogP contribution in [0.25, 0.3) is 0 Å². The summed E-state index contributed by atoms with van der Waals surface area (Å²) in [6, 6.07) is 7.18. The molecule has 0 N–H and O–H groups in total. The maximum absolute atomic E-state index is 8.87. The fourth-order valence-corrected chi connectivity index (χ4v) is 13.3. The van der Waals surface area contributed by atoms with Gasteiger partial charge in [-0.05, 0) is 71.2 Å². The Morgan fingerprint density at radius 2 is 0.500 bits per heavy atom. The van der Waals surface area contributed by atoms with Gasteiger partial charge in [0.1, 0.15) is 0 Å². The summed E-state index contributed by atoms with van der Waals surface area (Å²) in [6.45, 7) is 6.81. The summed E-state index contributed by atoms with van der Waals surface area (Å²) in [7, 11) is 35.1. The lowest BCUT2D eigenvalue weighted by atomic mass is 10.1. The summed E-state index contributed by atoms with van der Waals surface area (Å²) in [6.07, 6.45) is 0. The Hall–Kier alpha value is -3.63. The van der Waals surface area contributed by atoms with E-state index in [4.69, 9.17) is 11.1 Å². The number of hydrogen-bond acceptors (Lipinski definition) is 9. The molecule has 0 aliphatic rings. The smallest absolute Gasteiger partial charge is 0.249 e. The molecular weight excluding hydrogens is 658 g/mol. The predicted octanol–water partition coefficient (Wildman–Crippen LogP) is 4.41. The predicted molar refractivity (Wildman–Crippen MR) is 233 cm³/mol. The second kappa shape index (κ2) is 14.9. The summed E-state index contributed by atoms with van der Waals surface area (Å²) in [5.41, 5.74) is 14.1. The Morgan fingerprint density at radius 1 is 0.320 bits per heavy atom. The van der Waals surface area contributed by atoms with Crippen LogP contribution in [-0.4, -0.2) is 134 Å². The van der Waals surface area contributed by atoms with Gasteiger partial charge in [0.05, 0.1) is 51.2 Å². The van der Waals surface area contributed by atoms with Crippen LogP contribution < -0.4 is 59.7 Å². The maximum atomic E-state index is 8.87. The van der Waals surface area contributed by atoms with Gasteiger partial charge in [-0.25, -0.2) is 0 Å². The summed E-state index contributed by atoms with van der Waals surface area (Å²) in [5, 5.41) is 3.59. The third-order valence-electron chi connectivity index (χ3n) is 9.76. The number of benzene rings is 3. The second-order valence-corrected chi connectivity index (χ2v) is 20.1. The van der Waals surface area contributed by atoms with Crippen molar-refractivity contribution in [1.29, 1.82) is 0 Å². The van der Waals surface area contributed by atoms with E-state index < -0.39 is 7.38 Å². The Labute approximate surface area is 310 Å². The highest BCUT2D eigenvalue weighted by Crippen LogP contribution is 2.44. The molecule has 0 aromatic heterocycles. The molecule has 9 nitrogen and oxygen atoms in total. The van der Waals surface area contributed by atoms with Crippen LogP contribution in [-0.2, 0) is 0 Å². The Kier molecular flexibility index (Phi) is 12.2. The van der Waals surface area contributed by atoms with Gasteiger partial charge in [-0.2, -0.15) is 0 Å². The van der Waals surface area contributed by atoms with Gasteiger partial charge in [-0.15, -0.1) is 11.1 Å². The number of hydrogen-bond donors (Lipinski definition) is 0. The monoisotopic (exact) mass is 723 g/mol. The van der Waals surface area contributed by atoms with Crippen LogP contribution in [0.3, 0.4) is 0 Å². The standard InChI is InChI=1S/C39H66ClN9Si/c1-25-31(22-28(41(4)5)37(47(16)17)34(25)44(10)11)50(40,32-23-29(42(6)7)38(48(18)19)35(26(32)2)45(12)13)33-24-30(43(8)9)39(49(20)21)36(27(33)3)46(14)15/h22-24H,1-21H3. The van der Waals surface area contributed by atoms with Crippen molar-refractivity contribution in [3.05, 3.63) is 34.9 Å². The van der Waals surface area contributed by atoms with Crippen LogP contribution in [0, 0.1) is 20.8 Å². The Morgan fingerprint density at radius 3 is 0.640 bits per heavy atom. The molecule has 0 aliphatic carbocycles. The zero-order chi connectivity index (χ0) is 38.5. The molecule has 0 heterocycles. The van der Waals surface area contributed by atoms with Gasteiger partial charge in [-0.1, -0.05) is 0 Å². The van der Waals surface area contributed by atoms with Crippen LogP contribution >= 0.6 is 11.1 Å². The molecule has 278 valence electrons. The molecule has 0 unspecified atom stereocenters. The second-order valence-electron chi connectivity index (χ2n) is 15.5. The van der Waals surface area contributed by atoms with Crippen molar-refractivity contribution in [3.8, 4) is 0 Å². The van der Waals surface area contributed by atoms with Crippen molar-refractivity contribution in [1.82, 2.24) is 0 Å². The average molecular weight is 725 g/mol. The van der Waals surface area contributed by atoms with Crippen molar-refractivity contribution in [2.75, 3.05) is 171 Å². The molecule has 0 saturated carbocycles. The first-order chi connectivity index (χ1) is 22.9. The molecule has 0 atom stereocenters. The molecule has 0 bridgehead atoms. The van der Waals surface area contributed by atoms with Crippen molar-refractivity contribution in [3.63, 3.8) is 0 Å². The number of halogens is 1. The van der Waals surface area contributed by atoms with Crippen molar-refractivity contribution in [2.24, 2.45) is 0 Å². The molecule has 3 rings (SSSR count). The van der Waals surface area contributed by atoms with Crippen LogP contribution in [0.4, 0.5) is 51.2 Å². The topological polar surface area (TPSA) is 29.2 Å². The molecule has 0 radical (unpaired) electrons. The highest BCUT2D eigenvalue weighted by atomic mass is 35.6. The SMILES string of the molecule is Cc1c([Si](Cl)(c2cc(N(C)C)c(N(C)C)c(N(C)C)c2C)c2cc(N(C)C)c(N(C)C)c(N(C)C)c2C)cc(N(C)C)c(N(C)C)c1N(C)C. The van der Waals surface area contributed by atoms with E-state index in [-0.39, 0.29) is 0 Å². The van der Waals surface area contributed by atoms with E-state index in [1.165, 1.54) is 66.4 Å². The van der Waals surface area contributed by atoms with E-state index in [9.17, 15) is 0 Å². The molecule has 0 amide bonds. The lowest BCUT2D eigenvalue weighted by molar-refractivity contribution is 1.04. The quantitative estimate of drug-likeness (QED) is 0.153. The highest BCUT2D eigenvalue weighted by Gasteiger charge is 2.46. The van der Waals surface area contributed by atoms with E-state index >= 15 is 0 Å². The molecule has 0 spiro atoms. The highest BCUT2D eigenvalue weighted by molar-refractivity contribution is 7.41. The Bertz CT molecular complexity index is 1510. The molecule has 0 aliphatic heterocycles. The molecule has 0 saturated heterocycles. The first-order valence-electron chi connectivity index (χ1n) is 17.2. The third-order valence-corrected chi connectivity index (χ3v) is 15.4. The molecular formula is C39H66ClN9Si. The first kappa shape index (κ1) is 40.8. The fourth-order valence-electron chi connectivity index (χ4n) is 7.72. The number of anilines is 9. The van der Waals surface area contributed by atoms with Crippen LogP contribution in [0.1, 0.15) is 16.7 Å². The van der Waals surface area contributed by atoms with Gasteiger partial charge in [-0.3, -0.25) is 0 Å². The van der Waals surface area contributed by atoms with E-state index in [1.807, 2.05) is 0 Å². The van der Waals surface area contributed by atoms with Gasteiger partial charge in [0.2, 0.25) is 7.38 Å². The largest absolute Gasteiger partial charge is 0.376 e. The molecule has 50 heavy (non-hydrogen) atoms. The normalized spacial score (nSPS) is 11.4. The minimum absolute atomic E-state index is 1.14.